The smallest absolute Gasteiger partial charge is 0.411 e. The second kappa shape index (κ2) is 19.2. The van der Waals surface area contributed by atoms with Crippen LogP contribution in [0.4, 0.5) is 32.0 Å². The van der Waals surface area contributed by atoms with Gasteiger partial charge in [-0.15, -0.1) is 0 Å². The van der Waals surface area contributed by atoms with Crippen LogP contribution in [-0.2, 0) is 9.98 Å². The third kappa shape index (κ3) is 9.54. The number of hydrogen-bond donors (Lipinski definition) is 4. The minimum atomic E-state index is -6.29. The van der Waals surface area contributed by atoms with Crippen molar-refractivity contribution in [2.45, 2.75) is 24.7 Å². The van der Waals surface area contributed by atoms with Crippen molar-refractivity contribution in [3.63, 3.8) is 0 Å². The Bertz CT molecular complexity index is 3070. The van der Waals surface area contributed by atoms with Gasteiger partial charge in [-0.25, -0.2) is 9.59 Å². The highest BCUT2D eigenvalue weighted by molar-refractivity contribution is 7.85. The summed E-state index contributed by atoms with van der Waals surface area (Å²) in [5.41, 5.74) is -11.5. The average Bonchev–Trinajstić information content (AvgIpc) is 3.32. The zero-order valence-corrected chi connectivity index (χ0v) is 37.0. The first kappa shape index (κ1) is 48.8. The molecule has 0 aliphatic rings. The quantitative estimate of drug-likeness (QED) is 0.0612. The van der Waals surface area contributed by atoms with Crippen LogP contribution in [0.2, 0.25) is 0 Å². The number of carboxylic acids is 2. The summed E-state index contributed by atoms with van der Waals surface area (Å²) in [6, 6.07) is 36.3. The molecule has 0 spiro atoms. The Kier molecular flexibility index (Phi) is 13.6. The molecule has 69 heavy (non-hydrogen) atoms. The minimum absolute atomic E-state index is 0.104. The lowest BCUT2D eigenvalue weighted by Gasteiger charge is -2.38. The van der Waals surface area contributed by atoms with Crippen molar-refractivity contribution in [2.75, 3.05) is 12.4 Å². The van der Waals surface area contributed by atoms with Crippen molar-refractivity contribution in [1.29, 1.82) is 0 Å². The molecule has 11 nitrogen and oxygen atoms in total. The standard InChI is InChI=1S/C51H37F6N2O9P/c1-30-13-19-34(20-14-30)67-36-23-26-44(69(66,37-9-5-3-6-10-37)38-11-7-4-8-12-38)43(29-36)68-35-21-17-33(18-22-35)59-46(61)42-28-32(16-25-40(42)48(64)65)49(50(52,53)54,51(55,56)57)31-15-24-39(47(62)63)41(27-31)45(60)58-2/h3-29H,1-2H3,(H,58,60)(H,59,61)(H,62,63)(H,64,65). The molecule has 0 fully saturated rings. The normalized spacial score (nSPS) is 11.9. The number of amides is 2. The van der Waals surface area contributed by atoms with Gasteiger partial charge in [0.1, 0.15) is 23.0 Å². The zero-order valence-electron chi connectivity index (χ0n) is 36.1. The molecule has 0 atom stereocenters. The topological polar surface area (TPSA) is 168 Å². The molecule has 0 radical (unpaired) electrons. The Morgan fingerprint density at radius 2 is 0.971 bits per heavy atom. The number of alkyl halides is 6. The van der Waals surface area contributed by atoms with E-state index in [2.05, 4.69) is 5.32 Å². The largest absolute Gasteiger partial charge is 0.478 e. The molecule has 0 aromatic heterocycles. The van der Waals surface area contributed by atoms with Gasteiger partial charge in [0.15, 0.2) is 7.14 Å². The maximum Gasteiger partial charge on any atom is 0.411 e. The second-order valence-corrected chi connectivity index (χ2v) is 18.1. The number of carboxylic acid groups (broad SMARTS) is 2. The van der Waals surface area contributed by atoms with Gasteiger partial charge in [0.2, 0.25) is 5.41 Å². The van der Waals surface area contributed by atoms with Gasteiger partial charge in [0, 0.05) is 29.4 Å². The highest BCUT2D eigenvalue weighted by Crippen LogP contribution is 2.57. The van der Waals surface area contributed by atoms with Crippen molar-refractivity contribution >= 4 is 52.5 Å². The lowest BCUT2D eigenvalue weighted by molar-refractivity contribution is -0.288. The van der Waals surface area contributed by atoms with Crippen molar-refractivity contribution in [3.8, 4) is 23.0 Å². The van der Waals surface area contributed by atoms with Crippen LogP contribution in [0.5, 0.6) is 23.0 Å². The number of benzene rings is 7. The SMILES string of the molecule is CNC(=O)c1cc(C(c2ccc(C(=O)O)c(C(=O)Nc3ccc(Oc4cc(Oc5ccc(C)cc5)ccc4P(=O)(c4ccccc4)c4ccccc4)cc3)c2)(C(F)(F)F)C(F)(F)F)ccc1C(=O)O. The van der Waals surface area contributed by atoms with Crippen molar-refractivity contribution in [1.82, 2.24) is 5.32 Å². The Morgan fingerprint density at radius 1 is 0.522 bits per heavy atom. The second-order valence-electron chi connectivity index (χ2n) is 15.4. The van der Waals surface area contributed by atoms with E-state index in [0.29, 0.717) is 34.2 Å². The molecule has 0 saturated heterocycles. The summed E-state index contributed by atoms with van der Waals surface area (Å²) in [5.74, 6) is -5.42. The molecule has 0 heterocycles. The van der Waals surface area contributed by atoms with Crippen LogP contribution in [0.1, 0.15) is 58.1 Å². The number of ether oxygens (including phenoxy) is 2. The molecule has 0 saturated carbocycles. The van der Waals surface area contributed by atoms with Gasteiger partial charge in [-0.05, 0) is 90.8 Å². The van der Waals surface area contributed by atoms with Crippen LogP contribution in [0.25, 0.3) is 0 Å². The summed E-state index contributed by atoms with van der Waals surface area (Å²) in [6.07, 6.45) is -12.6. The van der Waals surface area contributed by atoms with Gasteiger partial charge in [0.25, 0.3) is 11.8 Å². The maximum absolute atomic E-state index is 15.5. The van der Waals surface area contributed by atoms with Crippen molar-refractivity contribution in [2.24, 2.45) is 0 Å². The van der Waals surface area contributed by atoms with Crippen molar-refractivity contribution in [3.05, 3.63) is 203 Å². The summed E-state index contributed by atoms with van der Waals surface area (Å²) >= 11 is 0. The third-order valence-corrected chi connectivity index (χ3v) is 14.1. The van der Waals surface area contributed by atoms with Gasteiger partial charge in [-0.2, -0.15) is 26.3 Å². The Balaban J connectivity index is 1.27. The predicted molar refractivity (Wildman–Crippen MR) is 245 cm³/mol. The molecule has 0 aliphatic carbocycles. The van der Waals surface area contributed by atoms with E-state index in [-0.39, 0.29) is 46.8 Å². The fourth-order valence-corrected chi connectivity index (χ4v) is 10.4. The van der Waals surface area contributed by atoms with E-state index in [1.807, 2.05) is 24.4 Å². The highest BCUT2D eigenvalue weighted by Gasteiger charge is 2.72. The first-order valence-corrected chi connectivity index (χ1v) is 22.2. The van der Waals surface area contributed by atoms with E-state index in [1.165, 1.54) is 24.3 Å². The number of anilines is 1. The molecule has 7 aromatic rings. The molecular formula is C51H37F6N2O9P. The number of carbonyl (C=O) groups excluding carboxylic acids is 2. The van der Waals surface area contributed by atoms with Crippen molar-refractivity contribution < 1.29 is 69.8 Å². The lowest BCUT2D eigenvalue weighted by atomic mass is 9.71. The monoisotopic (exact) mass is 966 g/mol. The molecular weight excluding hydrogens is 930 g/mol. The van der Waals surface area contributed by atoms with E-state index in [0.717, 1.165) is 12.6 Å². The van der Waals surface area contributed by atoms with Crippen LogP contribution < -0.4 is 36.0 Å². The average molecular weight is 967 g/mol. The zero-order chi connectivity index (χ0) is 49.9. The molecule has 7 aromatic carbocycles. The summed E-state index contributed by atoms with van der Waals surface area (Å²) in [5, 5.41) is 25.1. The number of nitrogens with one attached hydrogen (secondary N) is 2. The molecule has 0 unspecified atom stereocenters. The number of rotatable bonds is 14. The van der Waals surface area contributed by atoms with Gasteiger partial charge in [-0.1, -0.05) is 90.5 Å². The molecule has 7 rings (SSSR count). The summed E-state index contributed by atoms with van der Waals surface area (Å²) in [4.78, 5) is 50.5. The van der Waals surface area contributed by atoms with Crippen LogP contribution in [-0.4, -0.2) is 53.4 Å². The van der Waals surface area contributed by atoms with Gasteiger partial charge in [-0.3, -0.25) is 9.59 Å². The first-order chi connectivity index (χ1) is 32.7. The Labute approximate surface area is 389 Å². The van der Waals surface area contributed by atoms with Crippen LogP contribution in [0.15, 0.2) is 164 Å². The van der Waals surface area contributed by atoms with Gasteiger partial charge < -0.3 is 34.9 Å². The molecule has 0 aliphatic heterocycles. The van der Waals surface area contributed by atoms with Crippen LogP contribution in [0, 0.1) is 6.92 Å². The van der Waals surface area contributed by atoms with Crippen LogP contribution in [0.3, 0.4) is 0 Å². The fourth-order valence-electron chi connectivity index (χ4n) is 7.70. The number of aryl methyl sites for hydroxylation is 1. The van der Waals surface area contributed by atoms with E-state index < -0.39 is 82.0 Å². The predicted octanol–water partition coefficient (Wildman–Crippen LogP) is 10.6. The molecule has 0 bridgehead atoms. The summed E-state index contributed by atoms with van der Waals surface area (Å²) in [7, 11) is -2.70. The Hall–Kier alpha value is -8.17. The van der Waals surface area contributed by atoms with E-state index >= 15 is 30.9 Å². The first-order valence-electron chi connectivity index (χ1n) is 20.5. The lowest BCUT2D eigenvalue weighted by Crippen LogP contribution is -2.55. The number of hydrogen-bond acceptors (Lipinski definition) is 7. The molecule has 18 heteroatoms. The molecule has 352 valence electrons. The van der Waals surface area contributed by atoms with E-state index in [1.54, 1.807) is 91.0 Å². The maximum atomic E-state index is 15.5. The summed E-state index contributed by atoms with van der Waals surface area (Å²) < 4.78 is 120. The third-order valence-electron chi connectivity index (χ3n) is 11.0. The number of halogens is 6. The minimum Gasteiger partial charge on any atom is -0.478 e. The number of carbonyl (C=O) groups is 4. The Morgan fingerprint density at radius 3 is 1.43 bits per heavy atom. The molecule has 2 amide bonds. The van der Waals surface area contributed by atoms with E-state index in [4.69, 9.17) is 9.47 Å². The molecule has 4 N–H and O–H groups in total. The highest BCUT2D eigenvalue weighted by atomic mass is 31.2. The van der Waals surface area contributed by atoms with Gasteiger partial charge in [0.05, 0.1) is 27.6 Å². The van der Waals surface area contributed by atoms with Gasteiger partial charge >= 0.3 is 24.3 Å². The number of aromatic carboxylic acids is 2. The van der Waals surface area contributed by atoms with Crippen LogP contribution >= 0.6 is 7.14 Å². The fraction of sp³-hybridized carbons (Fsp3) is 0.0980. The van der Waals surface area contributed by atoms with E-state index in [9.17, 15) is 29.4 Å². The summed E-state index contributed by atoms with van der Waals surface area (Å²) in [6.45, 7) is 1.91.